The molecule has 6 heteroatoms. The lowest BCUT2D eigenvalue weighted by Gasteiger charge is -2.29. The molecule has 0 fully saturated rings. The van der Waals surface area contributed by atoms with E-state index in [2.05, 4.69) is 23.8 Å². The van der Waals surface area contributed by atoms with Gasteiger partial charge in [-0.05, 0) is 27.2 Å². The fraction of sp³-hybridized carbons (Fsp3) is 0.667. The van der Waals surface area contributed by atoms with Gasteiger partial charge in [-0.25, -0.2) is 0 Å². The average Bonchev–Trinajstić information content (AvgIpc) is 2.54. The number of aliphatic hydroxyl groups is 1. The van der Waals surface area contributed by atoms with Gasteiger partial charge >= 0.3 is 0 Å². The number of aliphatic hydroxyl groups excluding tert-OH is 1. The van der Waals surface area contributed by atoms with E-state index in [0.29, 0.717) is 18.5 Å². The van der Waals surface area contributed by atoms with Crippen molar-refractivity contribution in [1.29, 1.82) is 5.41 Å². The van der Waals surface area contributed by atoms with Gasteiger partial charge in [-0.3, -0.25) is 10.1 Å². The van der Waals surface area contributed by atoms with Gasteiger partial charge < -0.3 is 15.7 Å². The van der Waals surface area contributed by atoms with Crippen molar-refractivity contribution in [3.63, 3.8) is 0 Å². The molecule has 0 atom stereocenters. The molecule has 0 bridgehead atoms. The Kier molecular flexibility index (Phi) is 4.72. The molecule has 1 heterocycles. The second kappa shape index (κ2) is 5.86. The zero-order chi connectivity index (χ0) is 13.9. The number of rotatable bonds is 6. The maximum atomic E-state index is 8.98. The van der Waals surface area contributed by atoms with Crippen LogP contribution in [-0.2, 0) is 7.05 Å². The predicted molar refractivity (Wildman–Crippen MR) is 73.1 cm³/mol. The van der Waals surface area contributed by atoms with Crippen molar-refractivity contribution in [2.75, 3.05) is 18.1 Å². The van der Waals surface area contributed by atoms with Crippen molar-refractivity contribution in [3.8, 4) is 0 Å². The van der Waals surface area contributed by atoms with Crippen LogP contribution in [0.2, 0.25) is 0 Å². The number of amidine groups is 1. The molecule has 1 aromatic heterocycles. The molecule has 1 rings (SSSR count). The van der Waals surface area contributed by atoms with Gasteiger partial charge in [0.15, 0.2) is 0 Å². The van der Waals surface area contributed by atoms with Gasteiger partial charge in [-0.1, -0.05) is 0 Å². The van der Waals surface area contributed by atoms with Gasteiger partial charge in [-0.15, -0.1) is 0 Å². The first-order chi connectivity index (χ1) is 8.40. The highest BCUT2D eigenvalue weighted by molar-refractivity contribution is 6.01. The second-order valence-electron chi connectivity index (χ2n) is 4.69. The third kappa shape index (κ3) is 2.81. The Morgan fingerprint density at radius 2 is 2.17 bits per heavy atom. The number of anilines is 1. The Balaban J connectivity index is 3.22. The van der Waals surface area contributed by atoms with E-state index in [1.54, 1.807) is 4.68 Å². The maximum Gasteiger partial charge on any atom is 0.138 e. The summed E-state index contributed by atoms with van der Waals surface area (Å²) in [5.74, 6) is 0.883. The van der Waals surface area contributed by atoms with Gasteiger partial charge in [-0.2, -0.15) is 5.10 Å². The van der Waals surface area contributed by atoms with Crippen molar-refractivity contribution in [2.24, 2.45) is 12.8 Å². The fourth-order valence-electron chi connectivity index (χ4n) is 2.14. The molecule has 0 saturated heterocycles. The van der Waals surface area contributed by atoms with Gasteiger partial charge in [0.05, 0.1) is 11.3 Å². The lowest BCUT2D eigenvalue weighted by atomic mass is 10.2. The lowest BCUT2D eigenvalue weighted by molar-refractivity contribution is 0.288. The summed E-state index contributed by atoms with van der Waals surface area (Å²) in [5.41, 5.74) is 7.09. The molecule has 1 aromatic rings. The minimum Gasteiger partial charge on any atom is -0.396 e. The molecule has 18 heavy (non-hydrogen) atoms. The fourth-order valence-corrected chi connectivity index (χ4v) is 2.14. The van der Waals surface area contributed by atoms with Crippen LogP contribution >= 0.6 is 0 Å². The summed E-state index contributed by atoms with van der Waals surface area (Å²) in [4.78, 5) is 2.12. The first-order valence-corrected chi connectivity index (χ1v) is 6.15. The number of aromatic nitrogens is 2. The van der Waals surface area contributed by atoms with Crippen molar-refractivity contribution >= 4 is 11.7 Å². The van der Waals surface area contributed by atoms with Crippen LogP contribution in [0.1, 0.15) is 31.5 Å². The van der Waals surface area contributed by atoms with E-state index in [4.69, 9.17) is 16.2 Å². The quantitative estimate of drug-likeness (QED) is 0.511. The minimum atomic E-state index is 0.0326. The molecule has 102 valence electrons. The highest BCUT2D eigenvalue weighted by atomic mass is 16.3. The smallest absolute Gasteiger partial charge is 0.138 e. The molecular formula is C12H23N5O. The van der Waals surface area contributed by atoms with Crippen molar-refractivity contribution in [2.45, 2.75) is 33.2 Å². The SMILES string of the molecule is Cc1nn(C)c(N(CCCO)C(C)C)c1C(=N)N. The van der Waals surface area contributed by atoms with Gasteiger partial charge in [0, 0.05) is 26.2 Å². The highest BCUT2D eigenvalue weighted by Gasteiger charge is 2.22. The van der Waals surface area contributed by atoms with Gasteiger partial charge in [0.25, 0.3) is 0 Å². The zero-order valence-electron chi connectivity index (χ0n) is 11.6. The molecule has 0 radical (unpaired) electrons. The third-order valence-electron chi connectivity index (χ3n) is 2.91. The molecular weight excluding hydrogens is 230 g/mol. The second-order valence-corrected chi connectivity index (χ2v) is 4.69. The normalized spacial score (nSPS) is 11.0. The van der Waals surface area contributed by atoms with E-state index in [-0.39, 0.29) is 18.5 Å². The summed E-state index contributed by atoms with van der Waals surface area (Å²) >= 11 is 0. The standard InChI is InChI=1S/C12H23N5O/c1-8(2)17(6-5-7-18)12-10(11(13)14)9(3)15-16(12)4/h8,18H,5-7H2,1-4H3,(H3,13,14). The van der Waals surface area contributed by atoms with Crippen LogP contribution in [0, 0.1) is 12.3 Å². The van der Waals surface area contributed by atoms with Crippen LogP contribution in [0.4, 0.5) is 5.82 Å². The van der Waals surface area contributed by atoms with E-state index in [1.165, 1.54) is 0 Å². The summed E-state index contributed by atoms with van der Waals surface area (Å²) < 4.78 is 1.75. The molecule has 0 spiro atoms. The monoisotopic (exact) mass is 253 g/mol. The molecule has 0 aromatic carbocycles. The molecule has 0 saturated carbocycles. The Hall–Kier alpha value is -1.56. The summed E-state index contributed by atoms with van der Waals surface area (Å²) in [7, 11) is 1.85. The van der Waals surface area contributed by atoms with Crippen LogP contribution < -0.4 is 10.6 Å². The molecule has 0 unspecified atom stereocenters. The number of hydrogen-bond donors (Lipinski definition) is 3. The van der Waals surface area contributed by atoms with Crippen LogP contribution in [0.15, 0.2) is 0 Å². The Bertz CT molecular complexity index is 424. The average molecular weight is 253 g/mol. The van der Waals surface area contributed by atoms with Gasteiger partial charge in [0.1, 0.15) is 11.7 Å². The molecule has 0 aliphatic heterocycles. The van der Waals surface area contributed by atoms with Crippen LogP contribution in [-0.4, -0.2) is 39.9 Å². The lowest BCUT2D eigenvalue weighted by Crippen LogP contribution is -2.35. The maximum absolute atomic E-state index is 8.98. The number of nitrogens with one attached hydrogen (secondary N) is 1. The third-order valence-corrected chi connectivity index (χ3v) is 2.91. The molecule has 0 amide bonds. The van der Waals surface area contributed by atoms with E-state index < -0.39 is 0 Å². The van der Waals surface area contributed by atoms with Crippen LogP contribution in [0.25, 0.3) is 0 Å². The van der Waals surface area contributed by atoms with E-state index in [1.807, 2.05) is 14.0 Å². The summed E-state index contributed by atoms with van der Waals surface area (Å²) in [6.45, 7) is 6.86. The Morgan fingerprint density at radius 3 is 2.61 bits per heavy atom. The summed E-state index contributed by atoms with van der Waals surface area (Å²) in [5, 5.41) is 21.0. The van der Waals surface area contributed by atoms with E-state index in [0.717, 1.165) is 11.5 Å². The number of nitrogens with two attached hydrogens (primary N) is 1. The number of nitrogens with zero attached hydrogens (tertiary/aromatic N) is 3. The minimum absolute atomic E-state index is 0.0326. The highest BCUT2D eigenvalue weighted by Crippen LogP contribution is 2.24. The van der Waals surface area contributed by atoms with Crippen molar-refractivity contribution in [3.05, 3.63) is 11.3 Å². The molecule has 4 N–H and O–H groups in total. The molecule has 0 aliphatic carbocycles. The summed E-state index contributed by atoms with van der Waals surface area (Å²) in [6.07, 6.45) is 0.680. The van der Waals surface area contributed by atoms with E-state index in [9.17, 15) is 0 Å². The van der Waals surface area contributed by atoms with Crippen molar-refractivity contribution < 1.29 is 5.11 Å². The number of aryl methyl sites for hydroxylation is 2. The van der Waals surface area contributed by atoms with Gasteiger partial charge in [0.2, 0.25) is 0 Å². The topological polar surface area (TPSA) is 91.2 Å². The zero-order valence-corrected chi connectivity index (χ0v) is 11.6. The Labute approximate surface area is 108 Å². The largest absolute Gasteiger partial charge is 0.396 e. The summed E-state index contributed by atoms with van der Waals surface area (Å²) in [6, 6.07) is 0.254. The first kappa shape index (κ1) is 14.5. The van der Waals surface area contributed by atoms with E-state index >= 15 is 0 Å². The predicted octanol–water partition coefficient (Wildman–Crippen LogP) is 0.610. The number of nitrogen functional groups attached to an aromatic ring is 1. The number of hydrogen-bond acceptors (Lipinski definition) is 4. The van der Waals surface area contributed by atoms with Crippen LogP contribution in [0.3, 0.4) is 0 Å². The van der Waals surface area contributed by atoms with Crippen LogP contribution in [0.5, 0.6) is 0 Å². The Morgan fingerprint density at radius 1 is 1.56 bits per heavy atom. The molecule has 6 nitrogen and oxygen atoms in total. The first-order valence-electron chi connectivity index (χ1n) is 6.15. The molecule has 0 aliphatic rings. The van der Waals surface area contributed by atoms with Crippen molar-refractivity contribution in [1.82, 2.24) is 9.78 Å².